The summed E-state index contributed by atoms with van der Waals surface area (Å²) in [5.74, 6) is -0.574. The maximum absolute atomic E-state index is 13.1. The third kappa shape index (κ3) is 4.33. The average molecular weight is 361 g/mol. The molecule has 0 bridgehead atoms. The first-order valence-corrected chi connectivity index (χ1v) is 8.07. The number of hydrogen-bond acceptors (Lipinski definition) is 3. The maximum Gasteiger partial charge on any atom is 0.416 e. The lowest BCUT2D eigenvalue weighted by Crippen LogP contribution is -2.24. The lowest BCUT2D eigenvalue weighted by atomic mass is 10.1. The predicted molar refractivity (Wildman–Crippen MR) is 94.1 cm³/mol. The van der Waals surface area contributed by atoms with Crippen LogP contribution in [0.15, 0.2) is 42.5 Å². The summed E-state index contributed by atoms with van der Waals surface area (Å²) in [6.07, 6.45) is -4.51. The summed E-state index contributed by atoms with van der Waals surface area (Å²) in [6, 6.07) is 11.2. The van der Waals surface area contributed by atoms with E-state index in [2.05, 4.69) is 5.32 Å². The van der Waals surface area contributed by atoms with Crippen LogP contribution in [0.1, 0.15) is 35.3 Å². The largest absolute Gasteiger partial charge is 0.416 e. The number of benzene rings is 2. The van der Waals surface area contributed by atoms with E-state index in [9.17, 15) is 18.0 Å². The Morgan fingerprint density at radius 1 is 1.15 bits per heavy atom. The van der Waals surface area contributed by atoms with E-state index in [1.807, 2.05) is 24.8 Å². The van der Waals surface area contributed by atoms with Crippen LogP contribution in [0.5, 0.6) is 0 Å². The second-order valence-electron chi connectivity index (χ2n) is 5.55. The molecule has 0 aliphatic carbocycles. The molecule has 2 aromatic rings. The Hall–Kier alpha value is -3.01. The van der Waals surface area contributed by atoms with Gasteiger partial charge in [0.05, 0.1) is 28.6 Å². The zero-order valence-electron chi connectivity index (χ0n) is 14.4. The van der Waals surface area contributed by atoms with Gasteiger partial charge in [-0.3, -0.25) is 4.79 Å². The van der Waals surface area contributed by atoms with Crippen molar-refractivity contribution in [3.63, 3.8) is 0 Å². The zero-order chi connectivity index (χ0) is 19.3. The number of hydrogen-bond donors (Lipinski definition) is 1. The summed E-state index contributed by atoms with van der Waals surface area (Å²) in [4.78, 5) is 14.3. The van der Waals surface area contributed by atoms with Crippen LogP contribution < -0.4 is 10.2 Å². The summed E-state index contributed by atoms with van der Waals surface area (Å²) >= 11 is 0. The highest BCUT2D eigenvalue weighted by molar-refractivity contribution is 6.06. The van der Waals surface area contributed by atoms with Crippen molar-refractivity contribution in [3.05, 3.63) is 59.2 Å². The lowest BCUT2D eigenvalue weighted by Gasteiger charge is -2.25. The molecule has 1 N–H and O–H groups in total. The summed E-state index contributed by atoms with van der Waals surface area (Å²) < 4.78 is 39.2. The fourth-order valence-electron chi connectivity index (χ4n) is 2.58. The number of carbonyl (C=O) groups is 1. The van der Waals surface area contributed by atoms with E-state index in [4.69, 9.17) is 5.26 Å². The molecular formula is C19H18F3N3O. The van der Waals surface area contributed by atoms with Gasteiger partial charge >= 0.3 is 6.18 Å². The summed E-state index contributed by atoms with van der Waals surface area (Å²) in [6.45, 7) is 4.91. The topological polar surface area (TPSA) is 56.1 Å². The first-order chi connectivity index (χ1) is 12.3. The van der Waals surface area contributed by atoms with Crippen molar-refractivity contribution in [2.24, 2.45) is 0 Å². The van der Waals surface area contributed by atoms with Gasteiger partial charge in [0.25, 0.3) is 5.91 Å². The first-order valence-electron chi connectivity index (χ1n) is 8.07. The molecule has 0 aliphatic heterocycles. The van der Waals surface area contributed by atoms with E-state index >= 15 is 0 Å². The van der Waals surface area contributed by atoms with Crippen molar-refractivity contribution in [1.82, 2.24) is 0 Å². The third-order valence-corrected chi connectivity index (χ3v) is 3.93. The number of nitrogens with one attached hydrogen (secondary N) is 1. The van der Waals surface area contributed by atoms with Crippen LogP contribution in [0.4, 0.5) is 24.5 Å². The van der Waals surface area contributed by atoms with Crippen LogP contribution in [0.2, 0.25) is 0 Å². The molecule has 0 heterocycles. The highest BCUT2D eigenvalue weighted by Crippen LogP contribution is 2.35. The molecule has 2 aromatic carbocycles. The number of amides is 1. The zero-order valence-corrected chi connectivity index (χ0v) is 14.4. The minimum absolute atomic E-state index is 0.0795. The Kier molecular flexibility index (Phi) is 5.88. The quantitative estimate of drug-likeness (QED) is 0.842. The van der Waals surface area contributed by atoms with E-state index in [0.717, 1.165) is 12.1 Å². The molecule has 0 radical (unpaired) electrons. The maximum atomic E-state index is 13.1. The number of alkyl halides is 3. The first kappa shape index (κ1) is 19.3. The second-order valence-corrected chi connectivity index (χ2v) is 5.55. The Morgan fingerprint density at radius 3 is 2.42 bits per heavy atom. The number of nitrogens with zero attached hydrogens (tertiary/aromatic N) is 2. The fourth-order valence-corrected chi connectivity index (χ4v) is 2.58. The van der Waals surface area contributed by atoms with E-state index in [1.54, 1.807) is 12.1 Å². The number of carbonyl (C=O) groups excluding carboxylic acids is 1. The molecule has 0 unspecified atom stereocenters. The molecule has 136 valence electrons. The van der Waals surface area contributed by atoms with Crippen LogP contribution in [-0.2, 0) is 6.18 Å². The number of nitriles is 1. The van der Waals surface area contributed by atoms with Gasteiger partial charge < -0.3 is 10.2 Å². The number of halogens is 3. The molecule has 0 aliphatic rings. The van der Waals surface area contributed by atoms with Gasteiger partial charge in [0, 0.05) is 18.7 Å². The van der Waals surface area contributed by atoms with Gasteiger partial charge in [-0.15, -0.1) is 0 Å². The van der Waals surface area contributed by atoms with E-state index in [1.165, 1.54) is 18.2 Å². The van der Waals surface area contributed by atoms with Crippen LogP contribution in [0.25, 0.3) is 0 Å². The molecule has 0 fully saturated rings. The van der Waals surface area contributed by atoms with Gasteiger partial charge in [-0.1, -0.05) is 6.07 Å². The second kappa shape index (κ2) is 7.91. The van der Waals surface area contributed by atoms with Crippen molar-refractivity contribution in [1.29, 1.82) is 5.26 Å². The standard InChI is InChI=1S/C19H18F3N3O/c1-3-25(4-2)17-9-8-15(19(20,21)22)11-16(17)24-18(26)14-7-5-6-13(10-14)12-23/h5-11H,3-4H2,1-2H3,(H,24,26). The van der Waals surface area contributed by atoms with Crippen molar-refractivity contribution < 1.29 is 18.0 Å². The van der Waals surface area contributed by atoms with E-state index in [-0.39, 0.29) is 11.3 Å². The molecule has 0 aromatic heterocycles. The molecule has 0 saturated heterocycles. The highest BCUT2D eigenvalue weighted by Gasteiger charge is 2.31. The van der Waals surface area contributed by atoms with Gasteiger partial charge in [-0.05, 0) is 50.2 Å². The summed E-state index contributed by atoms with van der Waals surface area (Å²) in [7, 11) is 0. The van der Waals surface area contributed by atoms with E-state index in [0.29, 0.717) is 24.3 Å². The van der Waals surface area contributed by atoms with Gasteiger partial charge in [0.1, 0.15) is 0 Å². The van der Waals surface area contributed by atoms with E-state index < -0.39 is 17.6 Å². The lowest BCUT2D eigenvalue weighted by molar-refractivity contribution is -0.137. The minimum Gasteiger partial charge on any atom is -0.370 e. The molecule has 0 atom stereocenters. The van der Waals surface area contributed by atoms with Crippen LogP contribution >= 0.6 is 0 Å². The van der Waals surface area contributed by atoms with Crippen molar-refractivity contribution in [3.8, 4) is 6.07 Å². The third-order valence-electron chi connectivity index (χ3n) is 3.93. The van der Waals surface area contributed by atoms with Crippen LogP contribution in [0.3, 0.4) is 0 Å². The Balaban J connectivity index is 2.44. The number of anilines is 2. The molecule has 1 amide bonds. The molecular weight excluding hydrogens is 343 g/mol. The van der Waals surface area contributed by atoms with Crippen LogP contribution in [-0.4, -0.2) is 19.0 Å². The molecule has 26 heavy (non-hydrogen) atoms. The Morgan fingerprint density at radius 2 is 1.85 bits per heavy atom. The van der Waals surface area contributed by atoms with Crippen molar-refractivity contribution in [2.45, 2.75) is 20.0 Å². The summed E-state index contributed by atoms with van der Waals surface area (Å²) in [5.41, 5.74) is 0.246. The SMILES string of the molecule is CCN(CC)c1ccc(C(F)(F)F)cc1NC(=O)c1cccc(C#N)c1. The van der Waals surface area contributed by atoms with Crippen molar-refractivity contribution in [2.75, 3.05) is 23.3 Å². The Bertz CT molecular complexity index is 837. The van der Waals surface area contributed by atoms with Gasteiger partial charge in [0.2, 0.25) is 0 Å². The molecule has 2 rings (SSSR count). The van der Waals surface area contributed by atoms with Gasteiger partial charge in [-0.2, -0.15) is 18.4 Å². The summed E-state index contributed by atoms with van der Waals surface area (Å²) in [5, 5.41) is 11.5. The number of rotatable bonds is 5. The smallest absolute Gasteiger partial charge is 0.370 e. The average Bonchev–Trinajstić information content (AvgIpc) is 2.63. The fraction of sp³-hybridized carbons (Fsp3) is 0.263. The Labute approximate surface area is 149 Å². The minimum atomic E-state index is -4.51. The molecule has 4 nitrogen and oxygen atoms in total. The van der Waals surface area contributed by atoms with Gasteiger partial charge in [0.15, 0.2) is 0 Å². The highest BCUT2D eigenvalue weighted by atomic mass is 19.4. The van der Waals surface area contributed by atoms with Crippen LogP contribution in [0, 0.1) is 11.3 Å². The molecule has 0 saturated carbocycles. The molecule has 0 spiro atoms. The normalized spacial score (nSPS) is 10.9. The van der Waals surface area contributed by atoms with Gasteiger partial charge in [-0.25, -0.2) is 0 Å². The van der Waals surface area contributed by atoms with Crippen molar-refractivity contribution >= 4 is 17.3 Å². The molecule has 7 heteroatoms. The predicted octanol–water partition coefficient (Wildman–Crippen LogP) is 4.68. The monoisotopic (exact) mass is 361 g/mol.